The lowest BCUT2D eigenvalue weighted by atomic mass is 10.1. The number of benzene rings is 1. The number of sulfonamides is 1. The molecule has 0 aliphatic carbocycles. The van der Waals surface area contributed by atoms with Gasteiger partial charge in [0.1, 0.15) is 0 Å². The largest absolute Gasteiger partial charge is 0.378 e. The smallest absolute Gasteiger partial charge is 0.235 e. The number of carbonyl (C=O) groups is 1. The molecular formula is C15H25N3O4S. The Morgan fingerprint density at radius 3 is 2.52 bits per heavy atom. The van der Waals surface area contributed by atoms with E-state index in [4.69, 9.17) is 10.5 Å². The van der Waals surface area contributed by atoms with Crippen LogP contribution in [0.25, 0.3) is 0 Å². The fourth-order valence-electron chi connectivity index (χ4n) is 1.75. The summed E-state index contributed by atoms with van der Waals surface area (Å²) in [6.45, 7) is 3.66. The fourth-order valence-corrected chi connectivity index (χ4v) is 2.56. The molecule has 1 aromatic carbocycles. The molecule has 1 unspecified atom stereocenters. The molecule has 23 heavy (non-hydrogen) atoms. The van der Waals surface area contributed by atoms with Crippen LogP contribution >= 0.6 is 0 Å². The lowest BCUT2D eigenvalue weighted by Gasteiger charge is -2.13. The van der Waals surface area contributed by atoms with Crippen molar-refractivity contribution in [2.45, 2.75) is 26.0 Å². The molecule has 1 rings (SSSR count). The van der Waals surface area contributed by atoms with Crippen LogP contribution in [-0.2, 0) is 19.6 Å². The Hall–Kier alpha value is -1.48. The Morgan fingerprint density at radius 2 is 1.91 bits per heavy atom. The number of nitrogens with two attached hydrogens (primary N) is 1. The second kappa shape index (κ2) is 9.61. The van der Waals surface area contributed by atoms with Crippen molar-refractivity contribution in [1.29, 1.82) is 0 Å². The summed E-state index contributed by atoms with van der Waals surface area (Å²) in [6.07, 6.45) is -0.0343. The molecule has 0 fully saturated rings. The lowest BCUT2D eigenvalue weighted by molar-refractivity contribution is -0.120. The molecule has 0 aliphatic heterocycles. The quantitative estimate of drug-likeness (QED) is 0.560. The van der Waals surface area contributed by atoms with E-state index in [2.05, 4.69) is 10.0 Å². The fraction of sp³-hybridized carbons (Fsp3) is 0.533. The zero-order valence-electron chi connectivity index (χ0n) is 13.5. The van der Waals surface area contributed by atoms with Crippen LogP contribution in [0, 0.1) is 0 Å². The molecular weight excluding hydrogens is 318 g/mol. The molecule has 1 amide bonds. The maximum absolute atomic E-state index is 11.7. The van der Waals surface area contributed by atoms with Crippen molar-refractivity contribution >= 4 is 15.9 Å². The molecule has 4 N–H and O–H groups in total. The molecule has 0 spiro atoms. The monoisotopic (exact) mass is 343 g/mol. The minimum absolute atomic E-state index is 0.0343. The standard InChI is InChI=1S/C15H25N3O4S/c1-12(2)22-8-9-23(20,21)18-11-15(19)17-10-14(16)13-6-4-3-5-7-13/h3-7,12,14,18H,8-11,16H2,1-2H3,(H,17,19). The minimum Gasteiger partial charge on any atom is -0.378 e. The highest BCUT2D eigenvalue weighted by atomic mass is 32.2. The summed E-state index contributed by atoms with van der Waals surface area (Å²) in [7, 11) is -3.53. The molecule has 0 saturated heterocycles. The highest BCUT2D eigenvalue weighted by Gasteiger charge is 2.13. The Labute approximate surface area is 137 Å². The minimum atomic E-state index is -3.53. The van der Waals surface area contributed by atoms with Crippen LogP contribution in [0.5, 0.6) is 0 Å². The van der Waals surface area contributed by atoms with Gasteiger partial charge in [-0.05, 0) is 19.4 Å². The van der Waals surface area contributed by atoms with Crippen molar-refractivity contribution in [1.82, 2.24) is 10.0 Å². The first-order chi connectivity index (χ1) is 10.8. The van der Waals surface area contributed by atoms with E-state index in [9.17, 15) is 13.2 Å². The first-order valence-electron chi connectivity index (χ1n) is 7.46. The number of nitrogens with one attached hydrogen (secondary N) is 2. The van der Waals surface area contributed by atoms with Gasteiger partial charge in [0, 0.05) is 12.6 Å². The Bertz CT molecular complexity index is 576. The zero-order valence-corrected chi connectivity index (χ0v) is 14.3. The third-order valence-corrected chi connectivity index (χ3v) is 4.29. The molecule has 7 nitrogen and oxygen atoms in total. The summed E-state index contributed by atoms with van der Waals surface area (Å²) in [4.78, 5) is 11.7. The van der Waals surface area contributed by atoms with Crippen molar-refractivity contribution in [2.75, 3.05) is 25.4 Å². The molecule has 1 aromatic rings. The Morgan fingerprint density at radius 1 is 1.26 bits per heavy atom. The normalized spacial score (nSPS) is 13.0. The average Bonchev–Trinajstić information content (AvgIpc) is 2.51. The number of carbonyl (C=O) groups excluding carboxylic acids is 1. The number of rotatable bonds is 10. The van der Waals surface area contributed by atoms with E-state index in [0.29, 0.717) is 0 Å². The van der Waals surface area contributed by atoms with Crippen molar-refractivity contribution in [3.05, 3.63) is 35.9 Å². The molecule has 0 heterocycles. The van der Waals surface area contributed by atoms with Gasteiger partial charge >= 0.3 is 0 Å². The van der Waals surface area contributed by atoms with Crippen molar-refractivity contribution < 1.29 is 17.9 Å². The summed E-state index contributed by atoms with van der Waals surface area (Å²) in [6, 6.07) is 9.01. The number of amides is 1. The van der Waals surface area contributed by atoms with Crippen LogP contribution in [0.3, 0.4) is 0 Å². The molecule has 130 valence electrons. The predicted octanol–water partition coefficient (Wildman–Crippen LogP) is 0.147. The van der Waals surface area contributed by atoms with Gasteiger partial charge in [0.2, 0.25) is 15.9 Å². The first-order valence-corrected chi connectivity index (χ1v) is 9.11. The van der Waals surface area contributed by atoms with Gasteiger partial charge < -0.3 is 15.8 Å². The maximum atomic E-state index is 11.7. The van der Waals surface area contributed by atoms with Crippen molar-refractivity contribution in [2.24, 2.45) is 5.73 Å². The molecule has 0 aliphatic rings. The van der Waals surface area contributed by atoms with Crippen LogP contribution in [0.2, 0.25) is 0 Å². The highest BCUT2D eigenvalue weighted by Crippen LogP contribution is 2.07. The van der Waals surface area contributed by atoms with Crippen LogP contribution in [0.15, 0.2) is 30.3 Å². The van der Waals surface area contributed by atoms with Crippen LogP contribution in [-0.4, -0.2) is 45.9 Å². The zero-order chi connectivity index (χ0) is 17.3. The number of hydrogen-bond acceptors (Lipinski definition) is 5. The molecule has 0 radical (unpaired) electrons. The summed E-state index contributed by atoms with van der Waals surface area (Å²) >= 11 is 0. The van der Waals surface area contributed by atoms with Gasteiger partial charge in [-0.25, -0.2) is 13.1 Å². The van der Waals surface area contributed by atoms with Gasteiger partial charge in [0.05, 0.1) is 25.0 Å². The van der Waals surface area contributed by atoms with E-state index < -0.39 is 15.9 Å². The van der Waals surface area contributed by atoms with Crippen LogP contribution in [0.1, 0.15) is 25.5 Å². The summed E-state index contributed by atoms with van der Waals surface area (Å²) in [5.74, 6) is -0.605. The third-order valence-electron chi connectivity index (χ3n) is 3.00. The first kappa shape index (κ1) is 19.6. The van der Waals surface area contributed by atoms with Crippen molar-refractivity contribution in [3.8, 4) is 0 Å². The van der Waals surface area contributed by atoms with E-state index in [0.717, 1.165) is 5.56 Å². The van der Waals surface area contributed by atoms with E-state index >= 15 is 0 Å². The highest BCUT2D eigenvalue weighted by molar-refractivity contribution is 7.89. The SMILES string of the molecule is CC(C)OCCS(=O)(=O)NCC(=O)NCC(N)c1ccccc1. The van der Waals surface area contributed by atoms with Gasteiger partial charge in [0.25, 0.3) is 0 Å². The Kier molecular flexibility index (Phi) is 8.18. The second-order valence-electron chi connectivity index (χ2n) is 5.38. The molecule has 8 heteroatoms. The van der Waals surface area contributed by atoms with Gasteiger partial charge in [0.15, 0.2) is 0 Å². The lowest BCUT2D eigenvalue weighted by Crippen LogP contribution is -2.40. The van der Waals surface area contributed by atoms with E-state index in [1.807, 2.05) is 44.2 Å². The summed E-state index contributed by atoms with van der Waals surface area (Å²) < 4.78 is 30.8. The third kappa shape index (κ3) is 8.65. The van der Waals surface area contributed by atoms with Gasteiger partial charge in [-0.1, -0.05) is 30.3 Å². The van der Waals surface area contributed by atoms with E-state index in [-0.39, 0.29) is 37.6 Å². The molecule has 0 saturated carbocycles. The van der Waals surface area contributed by atoms with Gasteiger partial charge in [-0.3, -0.25) is 4.79 Å². The number of hydrogen-bond donors (Lipinski definition) is 3. The van der Waals surface area contributed by atoms with Gasteiger partial charge in [-0.15, -0.1) is 0 Å². The second-order valence-corrected chi connectivity index (χ2v) is 7.31. The summed E-state index contributed by atoms with van der Waals surface area (Å²) in [5.41, 5.74) is 6.85. The van der Waals surface area contributed by atoms with E-state index in [1.54, 1.807) is 0 Å². The average molecular weight is 343 g/mol. The Balaban J connectivity index is 2.28. The predicted molar refractivity (Wildman–Crippen MR) is 89.3 cm³/mol. The number of ether oxygens (including phenoxy) is 1. The van der Waals surface area contributed by atoms with Gasteiger partial charge in [-0.2, -0.15) is 0 Å². The maximum Gasteiger partial charge on any atom is 0.235 e. The molecule has 1 atom stereocenters. The van der Waals surface area contributed by atoms with Crippen LogP contribution < -0.4 is 15.8 Å². The molecule has 0 aromatic heterocycles. The van der Waals surface area contributed by atoms with Crippen molar-refractivity contribution in [3.63, 3.8) is 0 Å². The molecule has 0 bridgehead atoms. The van der Waals surface area contributed by atoms with E-state index in [1.165, 1.54) is 0 Å². The summed E-state index contributed by atoms with van der Waals surface area (Å²) in [5, 5.41) is 2.61. The van der Waals surface area contributed by atoms with Crippen LogP contribution in [0.4, 0.5) is 0 Å². The topological polar surface area (TPSA) is 111 Å².